The summed E-state index contributed by atoms with van der Waals surface area (Å²) in [5.74, 6) is -0.252. The molecule has 0 aromatic heterocycles. The van der Waals surface area contributed by atoms with Crippen molar-refractivity contribution in [3.05, 3.63) is 71.8 Å². The van der Waals surface area contributed by atoms with E-state index in [2.05, 4.69) is 55.1 Å². The molecule has 2 unspecified atom stereocenters. The number of aliphatic carboxylic acids is 1. The van der Waals surface area contributed by atoms with Crippen molar-refractivity contribution in [3.8, 4) is 0 Å². The zero-order valence-electron chi connectivity index (χ0n) is 15.4. The lowest BCUT2D eigenvalue weighted by atomic mass is 9.87. The van der Waals surface area contributed by atoms with E-state index in [1.54, 1.807) is 6.92 Å². The first-order chi connectivity index (χ1) is 12.0. The standard InChI is InChI=1S/C22H29NO2/c1-17(2)21(20-12-8-5-9-13-20)16-23(14-18(3)22(24)25)15-19-10-6-4-7-11-19/h4-13,17-18,21H,14-16H2,1-3H3,(H,24,25). The third-order valence-corrected chi connectivity index (χ3v) is 4.69. The van der Waals surface area contributed by atoms with E-state index in [1.807, 2.05) is 24.3 Å². The van der Waals surface area contributed by atoms with Gasteiger partial charge < -0.3 is 5.11 Å². The van der Waals surface area contributed by atoms with E-state index >= 15 is 0 Å². The zero-order chi connectivity index (χ0) is 18.2. The summed E-state index contributed by atoms with van der Waals surface area (Å²) in [4.78, 5) is 13.6. The van der Waals surface area contributed by atoms with Crippen molar-refractivity contribution in [3.63, 3.8) is 0 Å². The van der Waals surface area contributed by atoms with Crippen LogP contribution in [0.3, 0.4) is 0 Å². The second kappa shape index (κ2) is 9.38. The molecule has 25 heavy (non-hydrogen) atoms. The van der Waals surface area contributed by atoms with Gasteiger partial charge in [-0.15, -0.1) is 0 Å². The summed E-state index contributed by atoms with van der Waals surface area (Å²) in [5.41, 5.74) is 2.54. The highest BCUT2D eigenvalue weighted by Crippen LogP contribution is 2.26. The fourth-order valence-electron chi connectivity index (χ4n) is 3.19. The van der Waals surface area contributed by atoms with Gasteiger partial charge in [-0.25, -0.2) is 0 Å². The highest BCUT2D eigenvalue weighted by molar-refractivity contribution is 5.69. The van der Waals surface area contributed by atoms with Gasteiger partial charge in [0.05, 0.1) is 5.92 Å². The molecule has 0 heterocycles. The van der Waals surface area contributed by atoms with Crippen LogP contribution >= 0.6 is 0 Å². The minimum atomic E-state index is -0.737. The molecule has 2 rings (SSSR count). The first-order valence-electron chi connectivity index (χ1n) is 9.01. The van der Waals surface area contributed by atoms with Crippen LogP contribution in [-0.4, -0.2) is 29.1 Å². The molecule has 1 N–H and O–H groups in total. The number of hydrogen-bond donors (Lipinski definition) is 1. The lowest BCUT2D eigenvalue weighted by Gasteiger charge is -2.31. The summed E-state index contributed by atoms with van der Waals surface area (Å²) in [6.07, 6.45) is 0. The maximum atomic E-state index is 11.4. The molecular formula is C22H29NO2. The van der Waals surface area contributed by atoms with Crippen molar-refractivity contribution in [2.24, 2.45) is 11.8 Å². The van der Waals surface area contributed by atoms with E-state index in [1.165, 1.54) is 11.1 Å². The topological polar surface area (TPSA) is 40.5 Å². The van der Waals surface area contributed by atoms with Gasteiger partial charge in [-0.05, 0) is 23.0 Å². The Balaban J connectivity index is 2.19. The molecule has 134 valence electrons. The van der Waals surface area contributed by atoms with Gasteiger partial charge >= 0.3 is 5.97 Å². The number of hydrogen-bond acceptors (Lipinski definition) is 2. The van der Waals surface area contributed by atoms with Gasteiger partial charge in [-0.3, -0.25) is 9.69 Å². The van der Waals surface area contributed by atoms with Crippen molar-refractivity contribution in [1.82, 2.24) is 4.90 Å². The number of carboxylic acid groups (broad SMARTS) is 1. The molecule has 2 aromatic carbocycles. The molecule has 0 aliphatic rings. The van der Waals surface area contributed by atoms with E-state index in [9.17, 15) is 9.90 Å². The summed E-state index contributed by atoms with van der Waals surface area (Å²) in [6.45, 7) is 8.44. The number of benzene rings is 2. The molecule has 0 spiro atoms. The molecule has 0 bridgehead atoms. The Labute approximate surface area is 151 Å². The SMILES string of the molecule is CC(CN(Cc1ccccc1)CC(c1ccccc1)C(C)C)C(=O)O. The van der Waals surface area contributed by atoms with Gasteiger partial charge in [0.1, 0.15) is 0 Å². The highest BCUT2D eigenvalue weighted by Gasteiger charge is 2.23. The first-order valence-corrected chi connectivity index (χ1v) is 9.01. The lowest BCUT2D eigenvalue weighted by molar-refractivity contribution is -0.141. The summed E-state index contributed by atoms with van der Waals surface area (Å²) < 4.78 is 0. The van der Waals surface area contributed by atoms with Crippen LogP contribution < -0.4 is 0 Å². The van der Waals surface area contributed by atoms with Crippen LogP contribution in [0.4, 0.5) is 0 Å². The Morgan fingerprint density at radius 3 is 2.00 bits per heavy atom. The number of carboxylic acids is 1. The van der Waals surface area contributed by atoms with Gasteiger partial charge in [0.2, 0.25) is 0 Å². The molecule has 0 saturated carbocycles. The average molecular weight is 339 g/mol. The minimum Gasteiger partial charge on any atom is -0.481 e. The van der Waals surface area contributed by atoms with Crippen LogP contribution in [0.25, 0.3) is 0 Å². The third kappa shape index (κ3) is 6.02. The second-order valence-electron chi connectivity index (χ2n) is 7.18. The predicted molar refractivity (Wildman–Crippen MR) is 103 cm³/mol. The molecule has 0 aliphatic carbocycles. The third-order valence-electron chi connectivity index (χ3n) is 4.69. The van der Waals surface area contributed by atoms with Crippen LogP contribution in [-0.2, 0) is 11.3 Å². The maximum Gasteiger partial charge on any atom is 0.307 e. The van der Waals surface area contributed by atoms with Crippen LogP contribution in [0.2, 0.25) is 0 Å². The quantitative estimate of drug-likeness (QED) is 0.723. The molecule has 0 radical (unpaired) electrons. The lowest BCUT2D eigenvalue weighted by Crippen LogP contribution is -2.35. The highest BCUT2D eigenvalue weighted by atomic mass is 16.4. The van der Waals surface area contributed by atoms with Gasteiger partial charge in [0.15, 0.2) is 0 Å². The normalized spacial score (nSPS) is 13.8. The molecule has 2 atom stereocenters. The Morgan fingerprint density at radius 2 is 1.48 bits per heavy atom. The van der Waals surface area contributed by atoms with E-state index in [-0.39, 0.29) is 5.92 Å². The Hall–Kier alpha value is -2.13. The summed E-state index contributed by atoms with van der Waals surface area (Å²) in [7, 11) is 0. The van der Waals surface area contributed by atoms with Crippen LogP contribution in [0, 0.1) is 11.8 Å². The monoisotopic (exact) mass is 339 g/mol. The molecule has 3 nitrogen and oxygen atoms in total. The van der Waals surface area contributed by atoms with E-state index in [4.69, 9.17) is 0 Å². The minimum absolute atomic E-state index is 0.380. The molecular weight excluding hydrogens is 310 g/mol. The average Bonchev–Trinajstić information content (AvgIpc) is 2.60. The Kier molecular flexibility index (Phi) is 7.20. The van der Waals surface area contributed by atoms with Crippen molar-refractivity contribution < 1.29 is 9.90 Å². The van der Waals surface area contributed by atoms with Crippen molar-refractivity contribution >= 4 is 5.97 Å². The van der Waals surface area contributed by atoms with Crippen molar-refractivity contribution in [1.29, 1.82) is 0 Å². The van der Waals surface area contributed by atoms with Crippen LogP contribution in [0.5, 0.6) is 0 Å². The van der Waals surface area contributed by atoms with Gasteiger partial charge in [-0.1, -0.05) is 81.4 Å². The van der Waals surface area contributed by atoms with Gasteiger partial charge in [0, 0.05) is 19.6 Å². The maximum absolute atomic E-state index is 11.4. The fourth-order valence-corrected chi connectivity index (χ4v) is 3.19. The smallest absolute Gasteiger partial charge is 0.307 e. The summed E-state index contributed by atoms with van der Waals surface area (Å²) >= 11 is 0. The summed E-state index contributed by atoms with van der Waals surface area (Å²) in [5, 5.41) is 9.33. The van der Waals surface area contributed by atoms with Crippen molar-refractivity contribution in [2.75, 3.05) is 13.1 Å². The zero-order valence-corrected chi connectivity index (χ0v) is 15.4. The number of rotatable bonds is 9. The fraction of sp³-hybridized carbons (Fsp3) is 0.409. The first kappa shape index (κ1) is 19.2. The van der Waals surface area contributed by atoms with E-state index in [0.29, 0.717) is 18.4 Å². The number of nitrogens with zero attached hydrogens (tertiary/aromatic N) is 1. The Morgan fingerprint density at radius 1 is 0.920 bits per heavy atom. The molecule has 0 saturated heterocycles. The molecule has 0 amide bonds. The number of carbonyl (C=O) groups is 1. The van der Waals surface area contributed by atoms with Gasteiger partial charge in [-0.2, -0.15) is 0 Å². The second-order valence-corrected chi connectivity index (χ2v) is 7.18. The van der Waals surface area contributed by atoms with Crippen LogP contribution in [0.15, 0.2) is 60.7 Å². The summed E-state index contributed by atoms with van der Waals surface area (Å²) in [6, 6.07) is 20.8. The Bertz CT molecular complexity index is 640. The molecule has 3 heteroatoms. The van der Waals surface area contributed by atoms with Crippen LogP contribution in [0.1, 0.15) is 37.8 Å². The van der Waals surface area contributed by atoms with E-state index in [0.717, 1.165) is 13.1 Å². The molecule has 0 aliphatic heterocycles. The largest absolute Gasteiger partial charge is 0.481 e. The molecule has 0 fully saturated rings. The van der Waals surface area contributed by atoms with Crippen molar-refractivity contribution in [2.45, 2.75) is 33.2 Å². The van der Waals surface area contributed by atoms with Gasteiger partial charge in [0.25, 0.3) is 0 Å². The predicted octanol–water partition coefficient (Wildman–Crippen LogP) is 4.65. The molecule has 2 aromatic rings. The van der Waals surface area contributed by atoms with E-state index < -0.39 is 5.97 Å².